The molecule has 4 heteroatoms. The highest BCUT2D eigenvalue weighted by Gasteiger charge is 2.04. The summed E-state index contributed by atoms with van der Waals surface area (Å²) < 4.78 is 5.36. The number of anilines is 1. The molecule has 0 unspecified atom stereocenters. The lowest BCUT2D eigenvalue weighted by Gasteiger charge is -2.08. The van der Waals surface area contributed by atoms with Gasteiger partial charge in [-0.15, -0.1) is 6.58 Å². The van der Waals surface area contributed by atoms with E-state index in [4.69, 9.17) is 10.00 Å². The van der Waals surface area contributed by atoms with E-state index in [0.717, 1.165) is 12.0 Å². The number of aryl methyl sites for hydroxylation is 1. The van der Waals surface area contributed by atoms with Gasteiger partial charge in [-0.3, -0.25) is 0 Å². The lowest BCUT2D eigenvalue weighted by atomic mass is 10.1. The maximum Gasteiger partial charge on any atom is 0.144 e. The molecule has 1 rings (SSSR count). The normalized spacial score (nSPS) is 9.65. The third-order valence-electron chi connectivity index (χ3n) is 2.28. The molecule has 0 fully saturated rings. The summed E-state index contributed by atoms with van der Waals surface area (Å²) in [6, 6.07) is 3.97. The summed E-state index contributed by atoms with van der Waals surface area (Å²) in [5, 5.41) is 12.1. The zero-order chi connectivity index (χ0) is 12.5. The van der Waals surface area contributed by atoms with Crippen molar-refractivity contribution in [3.05, 3.63) is 36.0 Å². The minimum absolute atomic E-state index is 0.592. The number of rotatable bonds is 7. The standard InChI is InChI=1S/C13H17N3O/c1-3-4-8-17-9-7-16-13-12(10-14)11(2)5-6-15-13/h3,5-6H,1,4,7-9H2,2H3,(H,15,16). The first-order valence-corrected chi connectivity index (χ1v) is 5.57. The minimum Gasteiger partial charge on any atom is -0.379 e. The van der Waals surface area contributed by atoms with E-state index in [0.29, 0.717) is 31.1 Å². The molecule has 1 aromatic heterocycles. The summed E-state index contributed by atoms with van der Waals surface area (Å²) in [6.07, 6.45) is 4.37. The van der Waals surface area contributed by atoms with Crippen molar-refractivity contribution in [2.45, 2.75) is 13.3 Å². The van der Waals surface area contributed by atoms with Crippen molar-refractivity contribution < 1.29 is 4.74 Å². The second-order valence-electron chi connectivity index (χ2n) is 3.58. The summed E-state index contributed by atoms with van der Waals surface area (Å²) in [4.78, 5) is 4.14. The Balaban J connectivity index is 2.39. The van der Waals surface area contributed by atoms with Crippen LogP contribution in [0.15, 0.2) is 24.9 Å². The third-order valence-corrected chi connectivity index (χ3v) is 2.28. The van der Waals surface area contributed by atoms with Crippen LogP contribution in [-0.2, 0) is 4.74 Å². The summed E-state index contributed by atoms with van der Waals surface area (Å²) in [5.41, 5.74) is 1.52. The number of hydrogen-bond donors (Lipinski definition) is 1. The summed E-state index contributed by atoms with van der Waals surface area (Å²) in [5.74, 6) is 0.625. The number of hydrogen-bond acceptors (Lipinski definition) is 4. The molecule has 0 radical (unpaired) electrons. The molecule has 0 aliphatic rings. The molecule has 0 atom stereocenters. The van der Waals surface area contributed by atoms with E-state index in [1.807, 2.05) is 19.1 Å². The molecule has 90 valence electrons. The number of nitrogens with one attached hydrogen (secondary N) is 1. The molecule has 1 heterocycles. The van der Waals surface area contributed by atoms with Crippen molar-refractivity contribution >= 4 is 5.82 Å². The van der Waals surface area contributed by atoms with Crippen LogP contribution in [-0.4, -0.2) is 24.7 Å². The van der Waals surface area contributed by atoms with Crippen LogP contribution in [0.4, 0.5) is 5.82 Å². The molecule has 0 spiro atoms. The maximum atomic E-state index is 9.00. The van der Waals surface area contributed by atoms with Crippen LogP contribution >= 0.6 is 0 Å². The van der Waals surface area contributed by atoms with Crippen molar-refractivity contribution in [1.29, 1.82) is 5.26 Å². The lowest BCUT2D eigenvalue weighted by molar-refractivity contribution is 0.149. The van der Waals surface area contributed by atoms with Crippen LogP contribution in [0.25, 0.3) is 0 Å². The topological polar surface area (TPSA) is 57.9 Å². The fraction of sp³-hybridized carbons (Fsp3) is 0.385. The molecule has 0 saturated heterocycles. The van der Waals surface area contributed by atoms with E-state index in [9.17, 15) is 0 Å². The highest BCUT2D eigenvalue weighted by molar-refractivity contribution is 5.55. The van der Waals surface area contributed by atoms with Gasteiger partial charge in [0.15, 0.2) is 0 Å². The molecule has 1 aromatic rings. The van der Waals surface area contributed by atoms with Gasteiger partial charge in [0.25, 0.3) is 0 Å². The zero-order valence-electron chi connectivity index (χ0n) is 10.1. The van der Waals surface area contributed by atoms with Gasteiger partial charge >= 0.3 is 0 Å². The largest absolute Gasteiger partial charge is 0.379 e. The third kappa shape index (κ3) is 4.25. The van der Waals surface area contributed by atoms with Gasteiger partial charge in [0.2, 0.25) is 0 Å². The lowest BCUT2D eigenvalue weighted by Crippen LogP contribution is -2.12. The Kier molecular flexibility index (Phi) is 5.76. The van der Waals surface area contributed by atoms with Gasteiger partial charge in [0.05, 0.1) is 18.8 Å². The predicted octanol–water partition coefficient (Wildman–Crippen LogP) is 2.27. The summed E-state index contributed by atoms with van der Waals surface area (Å²) >= 11 is 0. The minimum atomic E-state index is 0.592. The van der Waals surface area contributed by atoms with E-state index in [2.05, 4.69) is 22.9 Å². The number of ether oxygens (including phenoxy) is 1. The van der Waals surface area contributed by atoms with E-state index in [1.54, 1.807) is 6.20 Å². The average Bonchev–Trinajstić information content (AvgIpc) is 2.34. The molecule has 0 saturated carbocycles. The van der Waals surface area contributed by atoms with E-state index in [-0.39, 0.29) is 0 Å². The Morgan fingerprint density at radius 2 is 2.41 bits per heavy atom. The van der Waals surface area contributed by atoms with Crippen molar-refractivity contribution in [3.63, 3.8) is 0 Å². The van der Waals surface area contributed by atoms with Gasteiger partial charge < -0.3 is 10.1 Å². The molecular formula is C13H17N3O. The number of nitrogens with zero attached hydrogens (tertiary/aromatic N) is 2. The van der Waals surface area contributed by atoms with Crippen molar-refractivity contribution in [2.75, 3.05) is 25.1 Å². The Morgan fingerprint density at radius 1 is 1.59 bits per heavy atom. The van der Waals surface area contributed by atoms with Crippen LogP contribution in [0.5, 0.6) is 0 Å². The van der Waals surface area contributed by atoms with Crippen molar-refractivity contribution in [2.24, 2.45) is 0 Å². The van der Waals surface area contributed by atoms with Crippen LogP contribution in [0.3, 0.4) is 0 Å². The molecule has 0 bridgehead atoms. The smallest absolute Gasteiger partial charge is 0.144 e. The molecule has 1 N–H and O–H groups in total. The van der Waals surface area contributed by atoms with Crippen molar-refractivity contribution in [1.82, 2.24) is 4.98 Å². The van der Waals surface area contributed by atoms with Gasteiger partial charge in [0, 0.05) is 12.7 Å². The van der Waals surface area contributed by atoms with Gasteiger partial charge in [-0.2, -0.15) is 5.26 Å². The van der Waals surface area contributed by atoms with Crippen molar-refractivity contribution in [3.8, 4) is 6.07 Å². The molecule has 0 amide bonds. The van der Waals surface area contributed by atoms with E-state index >= 15 is 0 Å². The first kappa shape index (κ1) is 13.2. The second-order valence-corrected chi connectivity index (χ2v) is 3.58. The van der Waals surface area contributed by atoms with Gasteiger partial charge in [0.1, 0.15) is 11.9 Å². The highest BCUT2D eigenvalue weighted by Crippen LogP contribution is 2.14. The Morgan fingerprint density at radius 3 is 3.12 bits per heavy atom. The average molecular weight is 231 g/mol. The zero-order valence-corrected chi connectivity index (χ0v) is 10.1. The maximum absolute atomic E-state index is 9.00. The molecule has 0 aliphatic carbocycles. The Labute approximate surface area is 102 Å². The Bertz CT molecular complexity index is 410. The van der Waals surface area contributed by atoms with E-state index < -0.39 is 0 Å². The Hall–Kier alpha value is -1.86. The molecule has 0 aromatic carbocycles. The summed E-state index contributed by atoms with van der Waals surface area (Å²) in [7, 11) is 0. The fourth-order valence-corrected chi connectivity index (χ4v) is 1.34. The van der Waals surface area contributed by atoms with E-state index in [1.165, 1.54) is 0 Å². The molecular weight excluding hydrogens is 214 g/mol. The van der Waals surface area contributed by atoms with Crippen LogP contribution in [0.1, 0.15) is 17.5 Å². The van der Waals surface area contributed by atoms with Crippen LogP contribution in [0, 0.1) is 18.3 Å². The quantitative estimate of drug-likeness (QED) is 0.577. The first-order chi connectivity index (χ1) is 8.29. The molecule has 17 heavy (non-hydrogen) atoms. The highest BCUT2D eigenvalue weighted by atomic mass is 16.5. The summed E-state index contributed by atoms with van der Waals surface area (Å²) in [6.45, 7) is 7.42. The number of nitriles is 1. The van der Waals surface area contributed by atoms with Gasteiger partial charge in [-0.05, 0) is 25.0 Å². The number of pyridine rings is 1. The fourth-order valence-electron chi connectivity index (χ4n) is 1.34. The molecule has 4 nitrogen and oxygen atoms in total. The first-order valence-electron chi connectivity index (χ1n) is 5.57. The second kappa shape index (κ2) is 7.42. The van der Waals surface area contributed by atoms with Gasteiger partial charge in [-0.25, -0.2) is 4.98 Å². The van der Waals surface area contributed by atoms with Crippen LogP contribution in [0.2, 0.25) is 0 Å². The van der Waals surface area contributed by atoms with Crippen LogP contribution < -0.4 is 5.32 Å². The number of aromatic nitrogens is 1. The van der Waals surface area contributed by atoms with Gasteiger partial charge in [-0.1, -0.05) is 6.08 Å². The predicted molar refractivity (Wildman–Crippen MR) is 67.8 cm³/mol. The monoisotopic (exact) mass is 231 g/mol. The SMILES string of the molecule is C=CCCOCCNc1nccc(C)c1C#N. The molecule has 0 aliphatic heterocycles.